The number of anilines is 1. The van der Waals surface area contributed by atoms with Crippen LogP contribution in [0.15, 0.2) is 66.7 Å². The van der Waals surface area contributed by atoms with E-state index < -0.39 is 23.7 Å². The normalized spacial score (nSPS) is 12.6. The summed E-state index contributed by atoms with van der Waals surface area (Å²) in [7, 11) is 0. The Morgan fingerprint density at radius 3 is 2.29 bits per heavy atom. The van der Waals surface area contributed by atoms with Gasteiger partial charge in [0.2, 0.25) is 0 Å². The van der Waals surface area contributed by atoms with Gasteiger partial charge in [-0.2, -0.15) is 0 Å². The Hall–Kier alpha value is -4.46. The van der Waals surface area contributed by atoms with E-state index in [1.54, 1.807) is 12.1 Å². The van der Waals surface area contributed by atoms with Crippen molar-refractivity contribution in [1.29, 1.82) is 0 Å². The maximum atomic E-state index is 12.8. The summed E-state index contributed by atoms with van der Waals surface area (Å²) in [6.45, 7) is 0.115. The van der Waals surface area contributed by atoms with Crippen LogP contribution < -0.4 is 5.32 Å². The summed E-state index contributed by atoms with van der Waals surface area (Å²) in [5, 5.41) is 21.2. The summed E-state index contributed by atoms with van der Waals surface area (Å²) in [6, 6.07) is 16.7. The minimum absolute atomic E-state index is 0.0103. The van der Waals surface area contributed by atoms with Crippen LogP contribution in [0.25, 0.3) is 0 Å². The third kappa shape index (κ3) is 3.74. The van der Waals surface area contributed by atoms with Crippen LogP contribution in [0.5, 0.6) is 5.75 Å². The van der Waals surface area contributed by atoms with Gasteiger partial charge in [0.25, 0.3) is 17.7 Å². The van der Waals surface area contributed by atoms with Gasteiger partial charge in [0, 0.05) is 5.56 Å². The van der Waals surface area contributed by atoms with Crippen molar-refractivity contribution in [2.75, 3.05) is 5.32 Å². The van der Waals surface area contributed by atoms with Gasteiger partial charge in [-0.1, -0.05) is 30.3 Å². The SMILES string of the molecule is O=C(Nc1ccc(O)cc1C(=O)O)c1ccc2c(c1)C(=O)N(Cc1ccccc1)C2=O. The van der Waals surface area contributed by atoms with Crippen molar-refractivity contribution in [3.8, 4) is 5.75 Å². The molecule has 0 saturated carbocycles. The minimum Gasteiger partial charge on any atom is -0.508 e. The lowest BCUT2D eigenvalue weighted by atomic mass is 10.0. The molecule has 0 radical (unpaired) electrons. The first-order valence-corrected chi connectivity index (χ1v) is 9.27. The van der Waals surface area contributed by atoms with Crippen molar-refractivity contribution in [3.05, 3.63) is 94.5 Å². The first kappa shape index (κ1) is 19.8. The van der Waals surface area contributed by atoms with Crippen molar-refractivity contribution in [3.63, 3.8) is 0 Å². The van der Waals surface area contributed by atoms with Gasteiger partial charge in [-0.05, 0) is 42.0 Å². The molecule has 3 aromatic carbocycles. The first-order chi connectivity index (χ1) is 14.8. The number of hydrogen-bond acceptors (Lipinski definition) is 5. The number of phenolic OH excluding ortho intramolecular Hbond substituents is 1. The molecule has 31 heavy (non-hydrogen) atoms. The van der Waals surface area contributed by atoms with Crippen LogP contribution in [0.3, 0.4) is 0 Å². The van der Waals surface area contributed by atoms with Gasteiger partial charge < -0.3 is 15.5 Å². The second-order valence-corrected chi connectivity index (χ2v) is 6.93. The molecule has 0 unspecified atom stereocenters. The Balaban J connectivity index is 1.59. The summed E-state index contributed by atoms with van der Waals surface area (Å²) in [4.78, 5) is 50.6. The quantitative estimate of drug-likeness (QED) is 0.434. The highest BCUT2D eigenvalue weighted by Gasteiger charge is 2.36. The summed E-state index contributed by atoms with van der Waals surface area (Å²) in [5.74, 6) is -3.18. The number of rotatable bonds is 5. The van der Waals surface area contributed by atoms with E-state index in [4.69, 9.17) is 0 Å². The first-order valence-electron chi connectivity index (χ1n) is 9.27. The number of carbonyl (C=O) groups excluding carboxylic acids is 3. The smallest absolute Gasteiger partial charge is 0.337 e. The fourth-order valence-electron chi connectivity index (χ4n) is 3.35. The maximum absolute atomic E-state index is 12.8. The molecule has 154 valence electrons. The number of benzene rings is 3. The Morgan fingerprint density at radius 2 is 1.58 bits per heavy atom. The van der Waals surface area contributed by atoms with E-state index >= 15 is 0 Å². The number of amides is 3. The molecule has 3 amide bonds. The molecule has 3 N–H and O–H groups in total. The largest absolute Gasteiger partial charge is 0.508 e. The van der Waals surface area contributed by atoms with Gasteiger partial charge in [-0.15, -0.1) is 0 Å². The van der Waals surface area contributed by atoms with E-state index in [1.807, 2.05) is 18.2 Å². The molecule has 3 aromatic rings. The molecular weight excluding hydrogens is 400 g/mol. The molecule has 0 aromatic heterocycles. The van der Waals surface area contributed by atoms with E-state index in [2.05, 4.69) is 5.32 Å². The molecule has 1 heterocycles. The molecule has 0 fully saturated rings. The second-order valence-electron chi connectivity index (χ2n) is 6.93. The van der Waals surface area contributed by atoms with Crippen LogP contribution in [0, 0.1) is 0 Å². The maximum Gasteiger partial charge on any atom is 0.337 e. The molecule has 4 rings (SSSR count). The lowest BCUT2D eigenvalue weighted by Gasteiger charge is -2.13. The number of aromatic hydroxyl groups is 1. The molecule has 8 nitrogen and oxygen atoms in total. The number of carboxylic acids is 1. The third-order valence-corrected chi connectivity index (χ3v) is 4.90. The number of imide groups is 1. The molecule has 0 spiro atoms. The van der Waals surface area contributed by atoms with Crippen LogP contribution in [0.2, 0.25) is 0 Å². The van der Waals surface area contributed by atoms with Crippen molar-refractivity contribution in [2.45, 2.75) is 6.54 Å². The van der Waals surface area contributed by atoms with Gasteiger partial charge in [0.05, 0.1) is 28.9 Å². The van der Waals surface area contributed by atoms with Crippen molar-refractivity contribution < 1.29 is 29.4 Å². The fourth-order valence-corrected chi connectivity index (χ4v) is 3.35. The van der Waals surface area contributed by atoms with Crippen molar-refractivity contribution in [1.82, 2.24) is 4.90 Å². The van der Waals surface area contributed by atoms with Crippen LogP contribution in [0.1, 0.15) is 47.0 Å². The van der Waals surface area contributed by atoms with Gasteiger partial charge in [-0.3, -0.25) is 19.3 Å². The lowest BCUT2D eigenvalue weighted by molar-refractivity contribution is 0.0639. The van der Waals surface area contributed by atoms with E-state index in [1.165, 1.54) is 30.3 Å². The molecule has 1 aliphatic heterocycles. The van der Waals surface area contributed by atoms with Gasteiger partial charge in [-0.25, -0.2) is 4.79 Å². The van der Waals surface area contributed by atoms with Crippen LogP contribution in [-0.4, -0.2) is 38.8 Å². The predicted octanol–water partition coefficient (Wildman–Crippen LogP) is 3.14. The molecular formula is C23H16N2O6. The van der Waals surface area contributed by atoms with Gasteiger partial charge in [0.1, 0.15) is 5.75 Å². The van der Waals surface area contributed by atoms with Crippen LogP contribution in [-0.2, 0) is 6.54 Å². The monoisotopic (exact) mass is 416 g/mol. The Bertz CT molecular complexity index is 1240. The van der Waals surface area contributed by atoms with Gasteiger partial charge >= 0.3 is 5.97 Å². The standard InChI is InChI=1S/C23H16N2O6/c26-15-7-9-19(18(11-15)23(30)31)24-20(27)14-6-8-16-17(10-14)22(29)25(21(16)28)12-13-4-2-1-3-5-13/h1-11,26H,12H2,(H,24,27)(H,30,31). The summed E-state index contributed by atoms with van der Waals surface area (Å²) in [5.41, 5.74) is 0.902. The zero-order valence-electron chi connectivity index (χ0n) is 16.0. The van der Waals surface area contributed by atoms with Crippen molar-refractivity contribution >= 4 is 29.4 Å². The topological polar surface area (TPSA) is 124 Å². The fraction of sp³-hybridized carbons (Fsp3) is 0.0435. The van der Waals surface area contributed by atoms with Gasteiger partial charge in [0.15, 0.2) is 0 Å². The highest BCUT2D eigenvalue weighted by molar-refractivity contribution is 6.22. The molecule has 8 heteroatoms. The summed E-state index contributed by atoms with van der Waals surface area (Å²) >= 11 is 0. The lowest BCUT2D eigenvalue weighted by Crippen LogP contribution is -2.29. The molecule has 0 bridgehead atoms. The van der Waals surface area contributed by atoms with Crippen LogP contribution in [0.4, 0.5) is 5.69 Å². The zero-order valence-corrected chi connectivity index (χ0v) is 16.0. The number of fused-ring (bicyclic) bond motifs is 1. The summed E-state index contributed by atoms with van der Waals surface area (Å²) in [6.07, 6.45) is 0. The van der Waals surface area contributed by atoms with Crippen molar-refractivity contribution in [2.24, 2.45) is 0 Å². The van der Waals surface area contributed by atoms with E-state index in [0.717, 1.165) is 16.5 Å². The molecule has 0 saturated heterocycles. The molecule has 0 atom stereocenters. The van der Waals surface area contributed by atoms with E-state index in [0.29, 0.717) is 0 Å². The average molecular weight is 416 g/mol. The Labute approximate surface area is 176 Å². The number of nitrogens with zero attached hydrogens (tertiary/aromatic N) is 1. The second kappa shape index (κ2) is 7.75. The number of nitrogens with one attached hydrogen (secondary N) is 1. The predicted molar refractivity (Wildman–Crippen MR) is 110 cm³/mol. The zero-order chi connectivity index (χ0) is 22.1. The van der Waals surface area contributed by atoms with Crippen LogP contribution >= 0.6 is 0 Å². The van der Waals surface area contributed by atoms with E-state index in [9.17, 15) is 29.4 Å². The summed E-state index contributed by atoms with van der Waals surface area (Å²) < 4.78 is 0. The number of carboxylic acid groups (broad SMARTS) is 1. The molecule has 0 aliphatic carbocycles. The number of phenols is 1. The highest BCUT2D eigenvalue weighted by Crippen LogP contribution is 2.27. The Morgan fingerprint density at radius 1 is 0.871 bits per heavy atom. The minimum atomic E-state index is -1.32. The molecule has 1 aliphatic rings. The number of carbonyl (C=O) groups is 4. The number of aromatic carboxylic acids is 1. The number of hydrogen-bond donors (Lipinski definition) is 3. The Kier molecular flexibility index (Phi) is 4.96. The van der Waals surface area contributed by atoms with E-state index in [-0.39, 0.29) is 40.2 Å². The highest BCUT2D eigenvalue weighted by atomic mass is 16.4. The third-order valence-electron chi connectivity index (χ3n) is 4.90. The average Bonchev–Trinajstić information content (AvgIpc) is 3.00.